The van der Waals surface area contributed by atoms with Crippen LogP contribution >= 0.6 is 0 Å². The summed E-state index contributed by atoms with van der Waals surface area (Å²) in [5.74, 6) is 2.48. The molecule has 0 amide bonds. The minimum Gasteiger partial charge on any atom is -0.494 e. The number of anilines is 1. The van der Waals surface area contributed by atoms with Gasteiger partial charge in [0, 0.05) is 0 Å². The van der Waals surface area contributed by atoms with Crippen LogP contribution < -0.4 is 15.2 Å². The molecule has 20 heavy (non-hydrogen) atoms. The normalized spacial score (nSPS) is 10.7. The lowest BCUT2D eigenvalue weighted by Gasteiger charge is -2.16. The highest BCUT2D eigenvalue weighted by Gasteiger charge is 2.12. The molecule has 2 aromatic rings. The third kappa shape index (κ3) is 2.87. The molecule has 0 fully saturated rings. The molecule has 0 bridgehead atoms. The molecule has 0 radical (unpaired) electrons. The summed E-state index contributed by atoms with van der Waals surface area (Å²) in [4.78, 5) is 0. The summed E-state index contributed by atoms with van der Waals surface area (Å²) in [6.07, 6.45) is 0. The minimum atomic E-state index is 0.387. The number of rotatable bonds is 4. The van der Waals surface area contributed by atoms with Crippen molar-refractivity contribution in [3.8, 4) is 17.2 Å². The van der Waals surface area contributed by atoms with Crippen molar-refractivity contribution >= 4 is 5.69 Å². The molecule has 0 aliphatic heterocycles. The molecule has 0 aliphatic carbocycles. The van der Waals surface area contributed by atoms with Crippen LogP contribution in [-0.4, -0.2) is 7.11 Å². The largest absolute Gasteiger partial charge is 0.494 e. The average Bonchev–Trinajstić information content (AvgIpc) is 2.41. The van der Waals surface area contributed by atoms with Crippen LogP contribution in [0.4, 0.5) is 5.69 Å². The Hall–Kier alpha value is -2.16. The maximum Gasteiger partial charge on any atom is 0.154 e. The van der Waals surface area contributed by atoms with Gasteiger partial charge in [0.1, 0.15) is 17.2 Å². The first-order valence-electron chi connectivity index (χ1n) is 6.73. The Bertz CT molecular complexity index is 606. The maximum atomic E-state index is 6.06. The molecule has 0 saturated carbocycles. The summed E-state index contributed by atoms with van der Waals surface area (Å²) >= 11 is 0. The maximum absolute atomic E-state index is 6.06. The fourth-order valence-electron chi connectivity index (χ4n) is 2.12. The van der Waals surface area contributed by atoms with Gasteiger partial charge in [-0.3, -0.25) is 0 Å². The summed E-state index contributed by atoms with van der Waals surface area (Å²) in [6.45, 7) is 6.34. The summed E-state index contributed by atoms with van der Waals surface area (Å²) in [5, 5.41) is 0. The molecule has 3 nitrogen and oxygen atoms in total. The summed E-state index contributed by atoms with van der Waals surface area (Å²) < 4.78 is 11.2. The summed E-state index contributed by atoms with van der Waals surface area (Å²) in [6, 6.07) is 11.8. The molecule has 0 aliphatic rings. The second-order valence-corrected chi connectivity index (χ2v) is 5.17. The Morgan fingerprint density at radius 3 is 2.35 bits per heavy atom. The van der Waals surface area contributed by atoms with E-state index in [4.69, 9.17) is 15.2 Å². The van der Waals surface area contributed by atoms with E-state index < -0.39 is 0 Å². The number of para-hydroxylation sites is 1. The van der Waals surface area contributed by atoms with E-state index >= 15 is 0 Å². The van der Waals surface area contributed by atoms with Crippen LogP contribution in [-0.2, 0) is 0 Å². The fourth-order valence-corrected chi connectivity index (χ4v) is 2.12. The molecular weight excluding hydrogens is 250 g/mol. The predicted molar refractivity (Wildman–Crippen MR) is 82.7 cm³/mol. The van der Waals surface area contributed by atoms with Crippen LogP contribution in [0.3, 0.4) is 0 Å². The zero-order valence-corrected chi connectivity index (χ0v) is 12.4. The first kappa shape index (κ1) is 14.3. The van der Waals surface area contributed by atoms with E-state index in [0.717, 1.165) is 16.9 Å². The number of methoxy groups -OCH3 is 1. The van der Waals surface area contributed by atoms with Crippen LogP contribution in [0.15, 0.2) is 36.4 Å². The van der Waals surface area contributed by atoms with Crippen molar-refractivity contribution in [1.29, 1.82) is 0 Å². The lowest BCUT2D eigenvalue weighted by atomic mass is 10.0. The van der Waals surface area contributed by atoms with Gasteiger partial charge >= 0.3 is 0 Å². The van der Waals surface area contributed by atoms with Crippen molar-refractivity contribution in [1.82, 2.24) is 0 Å². The Kier molecular flexibility index (Phi) is 4.18. The van der Waals surface area contributed by atoms with Gasteiger partial charge in [-0.1, -0.05) is 32.0 Å². The van der Waals surface area contributed by atoms with Crippen molar-refractivity contribution in [2.45, 2.75) is 26.7 Å². The monoisotopic (exact) mass is 271 g/mol. The lowest BCUT2D eigenvalue weighted by molar-refractivity contribution is 0.411. The number of hydrogen-bond donors (Lipinski definition) is 1. The van der Waals surface area contributed by atoms with Gasteiger partial charge in [-0.2, -0.15) is 0 Å². The Morgan fingerprint density at radius 2 is 1.70 bits per heavy atom. The zero-order chi connectivity index (χ0) is 14.7. The standard InChI is InChI=1S/C17H21NO2/c1-11(2)13-9-8-12(3)10-16(13)20-15-7-5-6-14(19-4)17(15)18/h5-11H,18H2,1-4H3. The van der Waals surface area contributed by atoms with Crippen molar-refractivity contribution in [3.63, 3.8) is 0 Å². The second-order valence-electron chi connectivity index (χ2n) is 5.17. The third-order valence-electron chi connectivity index (χ3n) is 3.26. The molecule has 3 heteroatoms. The SMILES string of the molecule is COc1cccc(Oc2cc(C)ccc2C(C)C)c1N. The Morgan fingerprint density at radius 1 is 1.00 bits per heavy atom. The minimum absolute atomic E-state index is 0.387. The van der Waals surface area contributed by atoms with Crippen LogP contribution in [0.5, 0.6) is 17.2 Å². The van der Waals surface area contributed by atoms with E-state index in [1.807, 2.05) is 31.2 Å². The topological polar surface area (TPSA) is 44.5 Å². The highest BCUT2D eigenvalue weighted by atomic mass is 16.5. The number of benzene rings is 2. The summed E-state index contributed by atoms with van der Waals surface area (Å²) in [5.41, 5.74) is 8.90. The van der Waals surface area contributed by atoms with Crippen molar-refractivity contribution < 1.29 is 9.47 Å². The predicted octanol–water partition coefficient (Wildman–Crippen LogP) is 4.50. The zero-order valence-electron chi connectivity index (χ0n) is 12.4. The average molecular weight is 271 g/mol. The van der Waals surface area contributed by atoms with E-state index in [9.17, 15) is 0 Å². The van der Waals surface area contributed by atoms with Gasteiger partial charge < -0.3 is 15.2 Å². The van der Waals surface area contributed by atoms with E-state index in [1.165, 1.54) is 0 Å². The van der Waals surface area contributed by atoms with E-state index in [0.29, 0.717) is 23.1 Å². The Balaban J connectivity index is 2.42. The first-order chi connectivity index (χ1) is 9.52. The summed E-state index contributed by atoms with van der Waals surface area (Å²) in [7, 11) is 1.60. The number of aryl methyl sites for hydroxylation is 1. The molecule has 0 saturated heterocycles. The molecule has 0 aromatic heterocycles. The van der Waals surface area contributed by atoms with Crippen molar-refractivity contribution in [2.24, 2.45) is 0 Å². The van der Waals surface area contributed by atoms with Crippen molar-refractivity contribution in [3.05, 3.63) is 47.5 Å². The Labute approximate surface area is 120 Å². The molecule has 0 spiro atoms. The van der Waals surface area contributed by atoms with Crippen LogP contribution in [0.25, 0.3) is 0 Å². The van der Waals surface area contributed by atoms with E-state index in [2.05, 4.69) is 26.0 Å². The van der Waals surface area contributed by atoms with Crippen molar-refractivity contribution in [2.75, 3.05) is 12.8 Å². The molecule has 2 aromatic carbocycles. The number of nitrogen functional groups attached to an aromatic ring is 1. The third-order valence-corrected chi connectivity index (χ3v) is 3.26. The molecular formula is C17H21NO2. The van der Waals surface area contributed by atoms with E-state index in [-0.39, 0.29) is 0 Å². The fraction of sp³-hybridized carbons (Fsp3) is 0.294. The molecule has 0 atom stereocenters. The van der Waals surface area contributed by atoms with Gasteiger partial charge in [0.05, 0.1) is 7.11 Å². The van der Waals surface area contributed by atoms with E-state index in [1.54, 1.807) is 7.11 Å². The van der Waals surface area contributed by atoms with Gasteiger partial charge in [-0.05, 0) is 42.2 Å². The first-order valence-corrected chi connectivity index (χ1v) is 6.73. The molecule has 0 unspecified atom stereocenters. The van der Waals surface area contributed by atoms with Crippen LogP contribution in [0.2, 0.25) is 0 Å². The van der Waals surface area contributed by atoms with Crippen LogP contribution in [0.1, 0.15) is 30.9 Å². The highest BCUT2D eigenvalue weighted by molar-refractivity contribution is 5.63. The van der Waals surface area contributed by atoms with Crippen LogP contribution in [0, 0.1) is 6.92 Å². The number of hydrogen-bond acceptors (Lipinski definition) is 3. The molecule has 2 N–H and O–H groups in total. The van der Waals surface area contributed by atoms with Gasteiger partial charge in [0.25, 0.3) is 0 Å². The molecule has 2 rings (SSSR count). The van der Waals surface area contributed by atoms with Gasteiger partial charge in [-0.25, -0.2) is 0 Å². The molecule has 0 heterocycles. The quantitative estimate of drug-likeness (QED) is 0.832. The van der Waals surface area contributed by atoms with Gasteiger partial charge in [0.2, 0.25) is 0 Å². The van der Waals surface area contributed by atoms with Gasteiger partial charge in [0.15, 0.2) is 5.75 Å². The second kappa shape index (κ2) is 5.87. The highest BCUT2D eigenvalue weighted by Crippen LogP contribution is 2.37. The lowest BCUT2D eigenvalue weighted by Crippen LogP contribution is -1.99. The number of ether oxygens (including phenoxy) is 2. The molecule has 106 valence electrons. The smallest absolute Gasteiger partial charge is 0.154 e. The van der Waals surface area contributed by atoms with Gasteiger partial charge in [-0.15, -0.1) is 0 Å². The number of nitrogens with two attached hydrogens (primary N) is 1.